The van der Waals surface area contributed by atoms with Crippen LogP contribution in [-0.2, 0) is 4.74 Å². The topological polar surface area (TPSA) is 21.3 Å². The van der Waals surface area contributed by atoms with Gasteiger partial charge in [0, 0.05) is 13.2 Å². The summed E-state index contributed by atoms with van der Waals surface area (Å²) >= 11 is 0. The maximum atomic E-state index is 5.25. The van der Waals surface area contributed by atoms with Crippen LogP contribution in [0.1, 0.15) is 46.0 Å². The van der Waals surface area contributed by atoms with E-state index in [0.717, 1.165) is 18.4 Å². The minimum Gasteiger partial charge on any atom is -0.383 e. The summed E-state index contributed by atoms with van der Waals surface area (Å²) in [6.45, 7) is 6.64. The highest BCUT2D eigenvalue weighted by Gasteiger charge is 2.27. The van der Waals surface area contributed by atoms with E-state index < -0.39 is 0 Å². The van der Waals surface area contributed by atoms with Crippen molar-refractivity contribution in [2.45, 2.75) is 52.0 Å². The molecule has 1 saturated carbocycles. The molecule has 2 atom stereocenters. The number of ether oxygens (including phenoxy) is 1. The maximum absolute atomic E-state index is 5.25. The van der Waals surface area contributed by atoms with Crippen LogP contribution in [0.3, 0.4) is 0 Å². The Bertz CT molecular complexity index is 157. The van der Waals surface area contributed by atoms with Gasteiger partial charge in [-0.2, -0.15) is 0 Å². The predicted octanol–water partition coefficient (Wildman–Crippen LogP) is 2.83. The van der Waals surface area contributed by atoms with Crippen molar-refractivity contribution in [2.24, 2.45) is 11.8 Å². The first-order valence-electron chi connectivity index (χ1n) is 6.50. The van der Waals surface area contributed by atoms with E-state index in [9.17, 15) is 0 Å². The van der Waals surface area contributed by atoms with E-state index in [2.05, 4.69) is 19.2 Å². The molecule has 15 heavy (non-hydrogen) atoms. The largest absolute Gasteiger partial charge is 0.383 e. The molecule has 0 bridgehead atoms. The van der Waals surface area contributed by atoms with Gasteiger partial charge in [-0.25, -0.2) is 0 Å². The van der Waals surface area contributed by atoms with E-state index in [1.54, 1.807) is 7.11 Å². The van der Waals surface area contributed by atoms with E-state index in [1.165, 1.54) is 38.6 Å². The van der Waals surface area contributed by atoms with Gasteiger partial charge in [-0.15, -0.1) is 0 Å². The van der Waals surface area contributed by atoms with Crippen LogP contribution in [-0.4, -0.2) is 26.3 Å². The molecule has 0 aromatic carbocycles. The normalized spacial score (nSPS) is 20.2. The minimum atomic E-state index is 0.566. The second-order valence-electron chi connectivity index (χ2n) is 5.02. The molecule has 1 aliphatic rings. The quantitative estimate of drug-likeness (QED) is 0.636. The lowest BCUT2D eigenvalue weighted by atomic mass is 10.1. The Morgan fingerprint density at radius 2 is 2.13 bits per heavy atom. The van der Waals surface area contributed by atoms with Gasteiger partial charge < -0.3 is 10.1 Å². The third kappa shape index (κ3) is 5.53. The molecule has 0 spiro atoms. The van der Waals surface area contributed by atoms with Gasteiger partial charge in [0.15, 0.2) is 0 Å². The van der Waals surface area contributed by atoms with Gasteiger partial charge in [0.2, 0.25) is 0 Å². The number of rotatable bonds is 9. The molecule has 0 heterocycles. The molecule has 0 amide bonds. The molecule has 1 aliphatic carbocycles. The molecule has 1 N–H and O–H groups in total. The van der Waals surface area contributed by atoms with Gasteiger partial charge in [-0.1, -0.05) is 26.7 Å². The van der Waals surface area contributed by atoms with Crippen molar-refractivity contribution in [3.63, 3.8) is 0 Å². The molecule has 1 rings (SSSR count). The zero-order valence-electron chi connectivity index (χ0n) is 10.6. The van der Waals surface area contributed by atoms with E-state index in [0.29, 0.717) is 6.04 Å². The second-order valence-corrected chi connectivity index (χ2v) is 5.02. The van der Waals surface area contributed by atoms with Crippen molar-refractivity contribution in [1.29, 1.82) is 0 Å². The first-order chi connectivity index (χ1) is 7.27. The first kappa shape index (κ1) is 13.0. The van der Waals surface area contributed by atoms with Crippen LogP contribution < -0.4 is 5.32 Å². The molecule has 0 aromatic heterocycles. The van der Waals surface area contributed by atoms with Crippen molar-refractivity contribution in [1.82, 2.24) is 5.32 Å². The Balaban J connectivity index is 2.11. The van der Waals surface area contributed by atoms with Gasteiger partial charge in [0.1, 0.15) is 0 Å². The standard InChI is InChI=1S/C13H27NO/c1-4-5-6-13(10-15-3)14-9-11(2)12-7-8-12/h11-14H,4-10H2,1-3H3. The van der Waals surface area contributed by atoms with Crippen molar-refractivity contribution in [2.75, 3.05) is 20.3 Å². The van der Waals surface area contributed by atoms with Crippen LogP contribution in [0.5, 0.6) is 0 Å². The summed E-state index contributed by atoms with van der Waals surface area (Å²) in [4.78, 5) is 0. The lowest BCUT2D eigenvalue weighted by Crippen LogP contribution is -2.36. The zero-order chi connectivity index (χ0) is 11.1. The van der Waals surface area contributed by atoms with Gasteiger partial charge in [-0.05, 0) is 37.6 Å². The van der Waals surface area contributed by atoms with Gasteiger partial charge in [0.25, 0.3) is 0 Å². The molecule has 0 aromatic rings. The summed E-state index contributed by atoms with van der Waals surface area (Å²) in [6.07, 6.45) is 6.74. The lowest BCUT2D eigenvalue weighted by molar-refractivity contribution is 0.158. The highest BCUT2D eigenvalue weighted by Crippen LogP contribution is 2.36. The monoisotopic (exact) mass is 213 g/mol. The molecule has 0 radical (unpaired) electrons. The fourth-order valence-corrected chi connectivity index (χ4v) is 2.08. The third-order valence-corrected chi connectivity index (χ3v) is 3.43. The first-order valence-corrected chi connectivity index (χ1v) is 6.50. The summed E-state index contributed by atoms with van der Waals surface area (Å²) in [5, 5.41) is 3.65. The van der Waals surface area contributed by atoms with Gasteiger partial charge >= 0.3 is 0 Å². The van der Waals surface area contributed by atoms with E-state index in [-0.39, 0.29) is 0 Å². The minimum absolute atomic E-state index is 0.566. The molecular weight excluding hydrogens is 186 g/mol. The van der Waals surface area contributed by atoms with E-state index in [1.807, 2.05) is 0 Å². The van der Waals surface area contributed by atoms with E-state index in [4.69, 9.17) is 4.74 Å². The molecule has 2 heteroatoms. The van der Waals surface area contributed by atoms with Crippen LogP contribution in [0.2, 0.25) is 0 Å². The number of unbranched alkanes of at least 4 members (excludes halogenated alkanes) is 1. The Morgan fingerprint density at radius 3 is 2.67 bits per heavy atom. The van der Waals surface area contributed by atoms with Crippen molar-refractivity contribution >= 4 is 0 Å². The zero-order valence-corrected chi connectivity index (χ0v) is 10.6. The Morgan fingerprint density at radius 1 is 1.40 bits per heavy atom. The molecule has 1 fully saturated rings. The van der Waals surface area contributed by atoms with Crippen LogP contribution >= 0.6 is 0 Å². The Kier molecular flexibility index (Phi) is 6.26. The molecule has 90 valence electrons. The molecule has 0 saturated heterocycles. The van der Waals surface area contributed by atoms with Crippen LogP contribution in [0.25, 0.3) is 0 Å². The summed E-state index contributed by atoms with van der Waals surface area (Å²) in [5.41, 5.74) is 0. The lowest BCUT2D eigenvalue weighted by Gasteiger charge is -2.20. The fourth-order valence-electron chi connectivity index (χ4n) is 2.08. The summed E-state index contributed by atoms with van der Waals surface area (Å²) < 4.78 is 5.25. The SMILES string of the molecule is CCCCC(COC)NCC(C)C1CC1. The molecule has 2 nitrogen and oxygen atoms in total. The number of hydrogen-bond acceptors (Lipinski definition) is 2. The Hall–Kier alpha value is -0.0800. The number of nitrogens with one attached hydrogen (secondary N) is 1. The summed E-state index contributed by atoms with van der Waals surface area (Å²) in [7, 11) is 1.80. The van der Waals surface area contributed by atoms with Crippen LogP contribution in [0, 0.1) is 11.8 Å². The van der Waals surface area contributed by atoms with E-state index >= 15 is 0 Å². The van der Waals surface area contributed by atoms with Gasteiger partial charge in [0.05, 0.1) is 6.61 Å². The highest BCUT2D eigenvalue weighted by molar-refractivity contribution is 4.81. The summed E-state index contributed by atoms with van der Waals surface area (Å²) in [5.74, 6) is 1.86. The van der Waals surface area contributed by atoms with Crippen molar-refractivity contribution < 1.29 is 4.74 Å². The molecule has 2 unspecified atom stereocenters. The van der Waals surface area contributed by atoms with Crippen LogP contribution in [0.15, 0.2) is 0 Å². The number of hydrogen-bond donors (Lipinski definition) is 1. The number of methoxy groups -OCH3 is 1. The predicted molar refractivity (Wildman–Crippen MR) is 65.1 cm³/mol. The summed E-state index contributed by atoms with van der Waals surface area (Å²) in [6, 6.07) is 0.566. The van der Waals surface area contributed by atoms with Gasteiger partial charge in [-0.3, -0.25) is 0 Å². The maximum Gasteiger partial charge on any atom is 0.0615 e. The van der Waals surface area contributed by atoms with Crippen molar-refractivity contribution in [3.8, 4) is 0 Å². The Labute approximate surface area is 94.8 Å². The third-order valence-electron chi connectivity index (χ3n) is 3.43. The average Bonchev–Trinajstić information content (AvgIpc) is 3.05. The average molecular weight is 213 g/mol. The van der Waals surface area contributed by atoms with Crippen molar-refractivity contribution in [3.05, 3.63) is 0 Å². The molecular formula is C13H27NO. The smallest absolute Gasteiger partial charge is 0.0615 e. The second kappa shape index (κ2) is 7.24. The fraction of sp³-hybridized carbons (Fsp3) is 1.00. The molecule has 0 aliphatic heterocycles. The highest BCUT2D eigenvalue weighted by atomic mass is 16.5. The van der Waals surface area contributed by atoms with Crippen LogP contribution in [0.4, 0.5) is 0 Å².